The van der Waals surface area contributed by atoms with Gasteiger partial charge in [-0.05, 0) is 18.2 Å². The van der Waals surface area contributed by atoms with Gasteiger partial charge in [0.25, 0.3) is 5.69 Å². The van der Waals surface area contributed by atoms with Gasteiger partial charge < -0.3 is 0 Å². The number of nitro benzene ring substituents is 1. The number of alkyl halides is 8. The van der Waals surface area contributed by atoms with Crippen molar-refractivity contribution in [2.75, 3.05) is 0 Å². The molecule has 2 aromatic heterocycles. The Kier molecular flexibility index (Phi) is 5.61. The zero-order chi connectivity index (χ0) is 23.9. The lowest BCUT2D eigenvalue weighted by Crippen LogP contribution is -2.40. The van der Waals surface area contributed by atoms with Crippen LogP contribution < -0.4 is 0 Å². The highest BCUT2D eigenvalue weighted by Crippen LogP contribution is 2.37. The topological polar surface area (TPSA) is 86.2 Å². The van der Waals surface area contributed by atoms with Crippen molar-refractivity contribution in [1.29, 1.82) is 0 Å². The van der Waals surface area contributed by atoms with Gasteiger partial charge in [0.15, 0.2) is 5.82 Å². The Morgan fingerprint density at radius 3 is 2.34 bits per heavy atom. The Labute approximate surface area is 172 Å². The third-order valence-electron chi connectivity index (χ3n) is 4.17. The summed E-state index contributed by atoms with van der Waals surface area (Å²) in [6.07, 6.45) is -7.80. The molecule has 2 heterocycles. The quantitative estimate of drug-likeness (QED) is 0.220. The molecule has 7 nitrogen and oxygen atoms in total. The van der Waals surface area contributed by atoms with Crippen molar-refractivity contribution in [1.82, 2.24) is 14.8 Å². The van der Waals surface area contributed by atoms with Crippen molar-refractivity contribution in [3.63, 3.8) is 0 Å². The Hall–Kier alpha value is -3.65. The van der Waals surface area contributed by atoms with Crippen LogP contribution in [0.25, 0.3) is 10.9 Å². The van der Waals surface area contributed by atoms with E-state index in [1.54, 1.807) is 0 Å². The molecule has 15 heteroatoms. The van der Waals surface area contributed by atoms with Crippen LogP contribution in [0.3, 0.4) is 0 Å². The molecule has 0 saturated carbocycles. The molecule has 0 saturated heterocycles. The molecule has 32 heavy (non-hydrogen) atoms. The molecule has 0 aliphatic rings. The molecule has 170 valence electrons. The van der Waals surface area contributed by atoms with E-state index in [1.807, 2.05) is 0 Å². The third-order valence-corrected chi connectivity index (χ3v) is 4.17. The van der Waals surface area contributed by atoms with Gasteiger partial charge in [-0.15, -0.1) is 0 Å². The maximum absolute atomic E-state index is 13.3. The second-order valence-corrected chi connectivity index (χ2v) is 6.39. The minimum Gasteiger partial charge on any atom is -0.258 e. The molecule has 0 atom stereocenters. The minimum atomic E-state index is -5.78. The maximum Gasteiger partial charge on any atom is 0.455 e. The molecule has 0 amide bonds. The smallest absolute Gasteiger partial charge is 0.258 e. The molecule has 0 radical (unpaired) electrons. The molecule has 0 fully saturated rings. The van der Waals surface area contributed by atoms with Crippen molar-refractivity contribution in [2.24, 2.45) is 4.99 Å². The van der Waals surface area contributed by atoms with E-state index in [9.17, 15) is 45.2 Å². The van der Waals surface area contributed by atoms with E-state index in [0.717, 1.165) is 30.7 Å². The van der Waals surface area contributed by atoms with Crippen LogP contribution in [0.2, 0.25) is 0 Å². The van der Waals surface area contributed by atoms with E-state index in [0.29, 0.717) is 16.8 Å². The van der Waals surface area contributed by atoms with E-state index in [-0.39, 0.29) is 22.3 Å². The van der Waals surface area contributed by atoms with Crippen molar-refractivity contribution in [2.45, 2.75) is 24.8 Å². The third kappa shape index (κ3) is 4.65. The monoisotopic (exact) mass is 467 g/mol. The first-order chi connectivity index (χ1) is 14.7. The first kappa shape index (κ1) is 23.0. The summed E-state index contributed by atoms with van der Waals surface area (Å²) in [6, 6.07) is 2.94. The number of hydrogen-bond donors (Lipinski definition) is 0. The first-order valence-electron chi connectivity index (χ1n) is 8.35. The van der Waals surface area contributed by atoms with E-state index in [1.165, 1.54) is 0 Å². The zero-order valence-corrected chi connectivity index (χ0v) is 15.3. The second kappa shape index (κ2) is 7.80. The number of nitro groups is 1. The molecule has 0 bridgehead atoms. The summed E-state index contributed by atoms with van der Waals surface area (Å²) in [6.45, 7) is -1.78. The van der Waals surface area contributed by atoms with Crippen molar-refractivity contribution < 1.29 is 40.0 Å². The average Bonchev–Trinajstić information content (AvgIpc) is 3.06. The van der Waals surface area contributed by atoms with E-state index >= 15 is 0 Å². The SMILES string of the molecule is O=[N+]([O-])c1cc(C(F)(F)F)ccc1/C=N/c1cc2cnn(CC(F)(F)C(F)(F)F)c2cn1. The van der Waals surface area contributed by atoms with Gasteiger partial charge in [-0.1, -0.05) is 0 Å². The second-order valence-electron chi connectivity index (χ2n) is 6.39. The van der Waals surface area contributed by atoms with Crippen molar-refractivity contribution in [3.8, 4) is 0 Å². The number of nitrogens with zero attached hydrogens (tertiary/aromatic N) is 5. The highest BCUT2D eigenvalue weighted by Gasteiger charge is 2.57. The van der Waals surface area contributed by atoms with Crippen molar-refractivity contribution in [3.05, 3.63) is 57.9 Å². The van der Waals surface area contributed by atoms with Crippen LogP contribution in [-0.2, 0) is 12.7 Å². The lowest BCUT2D eigenvalue weighted by Gasteiger charge is -2.19. The Balaban J connectivity index is 1.90. The molecular formula is C17H9F8N5O2. The van der Waals surface area contributed by atoms with Crippen LogP contribution in [0, 0.1) is 10.1 Å². The summed E-state index contributed by atoms with van der Waals surface area (Å²) in [7, 11) is 0. The van der Waals surface area contributed by atoms with Crippen LogP contribution in [0.1, 0.15) is 11.1 Å². The van der Waals surface area contributed by atoms with Crippen LogP contribution in [0.4, 0.5) is 46.6 Å². The lowest BCUT2D eigenvalue weighted by molar-refractivity contribution is -0.385. The number of aliphatic imine (C=N–C) groups is 1. The summed E-state index contributed by atoms with van der Waals surface area (Å²) < 4.78 is 102. The number of benzene rings is 1. The van der Waals surface area contributed by atoms with E-state index in [4.69, 9.17) is 0 Å². The van der Waals surface area contributed by atoms with Crippen LogP contribution in [0.5, 0.6) is 0 Å². The van der Waals surface area contributed by atoms with Gasteiger partial charge in [0.1, 0.15) is 6.54 Å². The fourth-order valence-corrected chi connectivity index (χ4v) is 2.56. The van der Waals surface area contributed by atoms with Crippen molar-refractivity contribution >= 4 is 28.6 Å². The molecule has 1 aromatic carbocycles. The average molecular weight is 467 g/mol. The molecule has 3 rings (SSSR count). The number of pyridine rings is 1. The van der Waals surface area contributed by atoms with Crippen LogP contribution in [-0.4, -0.2) is 38.0 Å². The number of aromatic nitrogens is 3. The standard InChI is InChI=1S/C17H9F8N5O2/c18-15(19,17(23,24)25)8-29-13-7-27-14(3-10(13)6-28-29)26-5-9-1-2-11(16(20,21)22)4-12(9)30(31)32/h1-7H,8H2/b26-5+. The molecule has 3 aromatic rings. The Morgan fingerprint density at radius 2 is 1.75 bits per heavy atom. The predicted octanol–water partition coefficient (Wildman–Crippen LogP) is 5.31. The minimum absolute atomic E-state index is 0.0899. The number of hydrogen-bond acceptors (Lipinski definition) is 5. The Bertz CT molecular complexity index is 1200. The molecule has 0 N–H and O–H groups in total. The summed E-state index contributed by atoms with van der Waals surface area (Å²) in [5.74, 6) is -5.18. The summed E-state index contributed by atoms with van der Waals surface area (Å²) in [5.41, 5.74) is -2.53. The summed E-state index contributed by atoms with van der Waals surface area (Å²) in [5, 5.41) is 14.6. The Morgan fingerprint density at radius 1 is 1.06 bits per heavy atom. The number of halogens is 8. The predicted molar refractivity (Wildman–Crippen MR) is 93.9 cm³/mol. The van der Waals surface area contributed by atoms with Gasteiger partial charge in [0.2, 0.25) is 0 Å². The number of rotatable bonds is 5. The van der Waals surface area contributed by atoms with Gasteiger partial charge in [-0.25, -0.2) is 9.98 Å². The molecule has 0 aliphatic heterocycles. The van der Waals surface area contributed by atoms with Gasteiger partial charge in [-0.2, -0.15) is 40.2 Å². The fraction of sp³-hybridized carbons (Fsp3) is 0.235. The number of fused-ring (bicyclic) bond motifs is 1. The summed E-state index contributed by atoms with van der Waals surface area (Å²) >= 11 is 0. The first-order valence-corrected chi connectivity index (χ1v) is 8.35. The van der Waals surface area contributed by atoms with Gasteiger partial charge >= 0.3 is 18.3 Å². The highest BCUT2D eigenvalue weighted by atomic mass is 19.4. The molecule has 0 spiro atoms. The van der Waals surface area contributed by atoms with E-state index < -0.39 is 41.0 Å². The normalized spacial score (nSPS) is 13.2. The zero-order valence-electron chi connectivity index (χ0n) is 15.3. The van der Waals surface area contributed by atoms with Gasteiger partial charge in [-0.3, -0.25) is 14.8 Å². The van der Waals surface area contributed by atoms with Crippen LogP contribution >= 0.6 is 0 Å². The summed E-state index contributed by atoms with van der Waals surface area (Å²) in [4.78, 5) is 17.6. The molecule has 0 unspecified atom stereocenters. The fourth-order valence-electron chi connectivity index (χ4n) is 2.56. The van der Waals surface area contributed by atoms with Gasteiger partial charge in [0, 0.05) is 17.7 Å². The highest BCUT2D eigenvalue weighted by molar-refractivity contribution is 5.88. The molecule has 0 aliphatic carbocycles. The van der Waals surface area contributed by atoms with Crippen LogP contribution in [0.15, 0.2) is 41.7 Å². The molecular weight excluding hydrogens is 458 g/mol. The lowest BCUT2D eigenvalue weighted by atomic mass is 10.1. The van der Waals surface area contributed by atoms with Gasteiger partial charge in [0.05, 0.1) is 34.0 Å². The maximum atomic E-state index is 13.3. The largest absolute Gasteiger partial charge is 0.455 e. The van der Waals surface area contributed by atoms with E-state index in [2.05, 4.69) is 15.1 Å².